The van der Waals surface area contributed by atoms with Gasteiger partial charge in [0.15, 0.2) is 0 Å². The fourth-order valence-electron chi connectivity index (χ4n) is 3.15. The predicted molar refractivity (Wildman–Crippen MR) is 89.9 cm³/mol. The van der Waals surface area contributed by atoms with Crippen molar-refractivity contribution in [3.63, 3.8) is 0 Å². The number of allylic oxidation sites excluding steroid dienone is 8. The molecule has 0 N–H and O–H groups in total. The van der Waals surface area contributed by atoms with Crippen LogP contribution in [0, 0.1) is 0 Å². The molecule has 2 aliphatic rings. The third-order valence-corrected chi connectivity index (χ3v) is 10.4. The molecule has 0 fully saturated rings. The van der Waals surface area contributed by atoms with Crippen molar-refractivity contribution in [2.24, 2.45) is 0 Å². The maximum absolute atomic E-state index is 2.44. The smallest absolute Gasteiger partial charge is 1.00 e. The first-order chi connectivity index (χ1) is 10.3. The minimum absolute atomic E-state index is 0. The summed E-state index contributed by atoms with van der Waals surface area (Å²) in [5.41, 5.74) is 3.47. The van der Waals surface area contributed by atoms with E-state index in [-0.39, 0.29) is 9.41 Å². The molecule has 0 aromatic carbocycles. The van der Waals surface area contributed by atoms with Crippen LogP contribution in [-0.2, 0) is 22.9 Å². The van der Waals surface area contributed by atoms with Gasteiger partial charge in [0.05, 0.1) is 0 Å². The van der Waals surface area contributed by atoms with Crippen molar-refractivity contribution in [1.82, 2.24) is 0 Å². The summed E-state index contributed by atoms with van der Waals surface area (Å²) in [5, 5.41) is 0. The summed E-state index contributed by atoms with van der Waals surface area (Å²) < 4.78 is 3.80. The molecule has 0 heterocycles. The topological polar surface area (TPSA) is 0 Å². The molecule has 0 bridgehead atoms. The Hall–Kier alpha value is -0.310. The molecule has 2 rings (SSSR count). The summed E-state index contributed by atoms with van der Waals surface area (Å²) >= 11 is -0.726. The zero-order valence-electron chi connectivity index (χ0n) is 14.6. The van der Waals surface area contributed by atoms with Crippen LogP contribution in [0.3, 0.4) is 0 Å². The third kappa shape index (κ3) is 7.41. The largest absolute Gasteiger partial charge is 1.00 e. The maximum Gasteiger partial charge on any atom is -1.00 e. The van der Waals surface area contributed by atoms with Crippen molar-refractivity contribution in [2.45, 2.75) is 78.1 Å². The minimum atomic E-state index is -0.726. The maximum atomic E-state index is 2.44. The van der Waals surface area contributed by atoms with Gasteiger partial charge >= 0.3 is 143 Å². The van der Waals surface area contributed by atoms with Gasteiger partial charge in [0, 0.05) is 0 Å². The van der Waals surface area contributed by atoms with Gasteiger partial charge in [-0.05, 0) is 0 Å². The molecule has 0 amide bonds. The van der Waals surface area contributed by atoms with Gasteiger partial charge in [0.1, 0.15) is 0 Å². The van der Waals surface area contributed by atoms with Crippen LogP contribution >= 0.6 is 0 Å². The first-order valence-corrected chi connectivity index (χ1v) is 12.5. The second-order valence-corrected chi connectivity index (χ2v) is 11.5. The van der Waals surface area contributed by atoms with E-state index in [0.717, 1.165) is 0 Å². The summed E-state index contributed by atoms with van der Waals surface area (Å²) in [4.78, 5) is 0. The predicted octanol–water partition coefficient (Wildman–Crippen LogP) is 0.666. The standard InChI is InChI=1S/2C10H15.2FH.Hf/c2*1-2-3-4-7-10-8-5-6-9-10;;;/h2*5,8H,2-4,6-7H2,1H3;2*1H;/q;;;;+2/p-2. The molecule has 0 aliphatic heterocycles. The van der Waals surface area contributed by atoms with Gasteiger partial charge < -0.3 is 9.41 Å². The van der Waals surface area contributed by atoms with Crippen LogP contribution in [0.15, 0.2) is 42.1 Å². The Morgan fingerprint density at radius 2 is 1.17 bits per heavy atom. The fraction of sp³-hybridized carbons (Fsp3) is 0.600. The molecule has 0 saturated heterocycles. The van der Waals surface area contributed by atoms with E-state index in [2.05, 4.69) is 38.2 Å². The molecule has 3 heteroatoms. The van der Waals surface area contributed by atoms with Crippen LogP contribution in [0.25, 0.3) is 0 Å². The number of hydrogen-bond acceptors (Lipinski definition) is 0. The number of hydrogen-bond donors (Lipinski definition) is 0. The average Bonchev–Trinajstić information content (AvgIpc) is 3.10. The van der Waals surface area contributed by atoms with Crippen molar-refractivity contribution in [3.8, 4) is 0 Å². The first kappa shape index (κ1) is 22.7. The summed E-state index contributed by atoms with van der Waals surface area (Å²) in [6.07, 6.45) is 23.2. The Balaban J connectivity index is 0.00000242. The van der Waals surface area contributed by atoms with Crippen LogP contribution in [0.4, 0.5) is 0 Å². The van der Waals surface area contributed by atoms with E-state index in [0.29, 0.717) is 0 Å². The van der Waals surface area contributed by atoms with E-state index < -0.39 is 22.9 Å². The second-order valence-electron chi connectivity index (χ2n) is 6.26. The first-order valence-electron chi connectivity index (χ1n) is 8.89. The van der Waals surface area contributed by atoms with Crippen LogP contribution in [0.1, 0.15) is 78.1 Å². The molecule has 0 saturated carbocycles. The van der Waals surface area contributed by atoms with Crippen molar-refractivity contribution >= 4 is 0 Å². The van der Waals surface area contributed by atoms with Gasteiger partial charge in [0.25, 0.3) is 0 Å². The molecule has 0 aromatic heterocycles. The van der Waals surface area contributed by atoms with E-state index in [9.17, 15) is 0 Å². The van der Waals surface area contributed by atoms with Crippen molar-refractivity contribution in [2.75, 3.05) is 0 Å². The molecule has 23 heavy (non-hydrogen) atoms. The van der Waals surface area contributed by atoms with Gasteiger partial charge in [0.2, 0.25) is 0 Å². The number of rotatable bonds is 10. The van der Waals surface area contributed by atoms with Crippen LogP contribution < -0.4 is 9.41 Å². The summed E-state index contributed by atoms with van der Waals surface area (Å²) in [6.45, 7) is 4.60. The van der Waals surface area contributed by atoms with Crippen molar-refractivity contribution in [3.05, 3.63) is 42.1 Å². The molecule has 0 nitrogen and oxygen atoms in total. The Morgan fingerprint density at radius 1 is 0.739 bits per heavy atom. The van der Waals surface area contributed by atoms with Crippen LogP contribution in [0.5, 0.6) is 0 Å². The van der Waals surface area contributed by atoms with E-state index in [1.54, 1.807) is 11.1 Å². The van der Waals surface area contributed by atoms with Gasteiger partial charge in [-0.3, -0.25) is 0 Å². The zero-order chi connectivity index (χ0) is 14.9. The fourth-order valence-corrected chi connectivity index (χ4v) is 8.69. The molecular formula is C20H30F2Hf. The van der Waals surface area contributed by atoms with E-state index in [4.69, 9.17) is 0 Å². The van der Waals surface area contributed by atoms with Gasteiger partial charge in [-0.2, -0.15) is 0 Å². The average molecular weight is 487 g/mol. The second kappa shape index (κ2) is 13.0. The normalized spacial score (nSPS) is 15.7. The molecule has 2 aliphatic carbocycles. The Labute approximate surface area is 152 Å². The zero-order valence-corrected chi connectivity index (χ0v) is 18.2. The Kier molecular flexibility index (Phi) is 12.9. The Morgan fingerprint density at radius 3 is 1.57 bits per heavy atom. The quantitative estimate of drug-likeness (QED) is 0.314. The number of halogens is 2. The van der Waals surface area contributed by atoms with Crippen molar-refractivity contribution < 1.29 is 32.3 Å². The summed E-state index contributed by atoms with van der Waals surface area (Å²) in [7, 11) is 0. The molecule has 0 aromatic rings. The van der Waals surface area contributed by atoms with Gasteiger partial charge in [-0.25, -0.2) is 0 Å². The summed E-state index contributed by atoms with van der Waals surface area (Å²) in [6, 6.07) is 0. The third-order valence-electron chi connectivity index (χ3n) is 4.46. The van der Waals surface area contributed by atoms with E-state index >= 15 is 0 Å². The van der Waals surface area contributed by atoms with E-state index in [1.807, 2.05) is 6.66 Å². The molecule has 0 atom stereocenters. The van der Waals surface area contributed by atoms with Crippen molar-refractivity contribution in [1.29, 1.82) is 0 Å². The van der Waals surface area contributed by atoms with E-state index in [1.165, 1.54) is 64.2 Å². The Bertz CT molecular complexity index is 416. The van der Waals surface area contributed by atoms with Gasteiger partial charge in [-0.15, -0.1) is 0 Å². The SMILES string of the molecule is CCCCCC1=[C]([Hf+2][C]2=C(CCCCC)C=CC2)CC=C1.[F-].[F-]. The van der Waals surface area contributed by atoms with Crippen LogP contribution in [-0.4, -0.2) is 0 Å². The molecule has 0 radical (unpaired) electrons. The molecule has 128 valence electrons. The monoisotopic (exact) mass is 488 g/mol. The summed E-state index contributed by atoms with van der Waals surface area (Å²) in [5.74, 6) is 0. The van der Waals surface area contributed by atoms with Crippen LogP contribution in [0.2, 0.25) is 0 Å². The molecule has 0 spiro atoms. The minimum Gasteiger partial charge on any atom is -1.00 e. The molecule has 0 unspecified atom stereocenters. The van der Waals surface area contributed by atoms with Gasteiger partial charge in [-0.1, -0.05) is 0 Å². The molecular weight excluding hydrogens is 457 g/mol. The number of unbranched alkanes of at least 4 members (excludes halogenated alkanes) is 4.